The normalized spacial score (nSPS) is 17.4. The van der Waals surface area contributed by atoms with Gasteiger partial charge in [-0.2, -0.15) is 0 Å². The topological polar surface area (TPSA) is 144 Å². The van der Waals surface area contributed by atoms with Gasteiger partial charge in [0.05, 0.1) is 17.2 Å². The maximum Gasteiger partial charge on any atom is 0.342 e. The molecule has 33 heavy (non-hydrogen) atoms. The first-order valence-corrected chi connectivity index (χ1v) is 11.5. The van der Waals surface area contributed by atoms with Crippen LogP contribution in [0.25, 0.3) is 10.9 Å². The molecule has 1 saturated heterocycles. The maximum atomic E-state index is 15.1. The zero-order chi connectivity index (χ0) is 23.7. The SMILES string of the molecule is NCCCC[C@H](N)C(=O)c1c(C(=O)O)c(=O)c2cc(F)c(N3CCNCC3)cc2n1C1CC1. The fraction of sp³-hybridized carbons (Fsp3) is 0.522. The lowest BCUT2D eigenvalue weighted by molar-refractivity contribution is 0.0688. The number of pyridine rings is 1. The predicted molar refractivity (Wildman–Crippen MR) is 124 cm³/mol. The fourth-order valence-electron chi connectivity index (χ4n) is 4.53. The van der Waals surface area contributed by atoms with Gasteiger partial charge in [-0.1, -0.05) is 6.42 Å². The molecule has 0 radical (unpaired) electrons. The monoisotopic (exact) mass is 459 g/mol. The summed E-state index contributed by atoms with van der Waals surface area (Å²) in [6, 6.07) is 1.60. The summed E-state index contributed by atoms with van der Waals surface area (Å²) in [5.41, 5.74) is 10.7. The second-order valence-electron chi connectivity index (χ2n) is 8.77. The number of nitrogens with zero attached hydrogens (tertiary/aromatic N) is 2. The van der Waals surface area contributed by atoms with Gasteiger partial charge in [0.25, 0.3) is 0 Å². The van der Waals surface area contributed by atoms with Crippen molar-refractivity contribution in [3.63, 3.8) is 0 Å². The minimum atomic E-state index is -1.51. The van der Waals surface area contributed by atoms with E-state index in [1.165, 1.54) is 0 Å². The van der Waals surface area contributed by atoms with Crippen LogP contribution in [0.15, 0.2) is 16.9 Å². The van der Waals surface area contributed by atoms with Gasteiger partial charge in [0.1, 0.15) is 17.1 Å². The number of unbranched alkanes of at least 4 members (excludes halogenated alkanes) is 1. The molecule has 1 aliphatic carbocycles. The number of hydrogen-bond acceptors (Lipinski definition) is 7. The van der Waals surface area contributed by atoms with Crippen molar-refractivity contribution in [1.82, 2.24) is 9.88 Å². The Labute approximate surface area is 190 Å². The van der Waals surface area contributed by atoms with E-state index < -0.39 is 34.6 Å². The number of carboxylic acid groups (broad SMARTS) is 1. The lowest BCUT2D eigenvalue weighted by Gasteiger charge is -2.30. The number of fused-ring (bicyclic) bond motifs is 1. The van der Waals surface area contributed by atoms with Crippen molar-refractivity contribution in [2.45, 2.75) is 44.2 Å². The zero-order valence-corrected chi connectivity index (χ0v) is 18.5. The molecule has 10 heteroatoms. The Morgan fingerprint density at radius 3 is 2.52 bits per heavy atom. The fourth-order valence-corrected chi connectivity index (χ4v) is 4.53. The van der Waals surface area contributed by atoms with Crippen LogP contribution in [0, 0.1) is 5.82 Å². The molecule has 2 aromatic rings. The highest BCUT2D eigenvalue weighted by molar-refractivity contribution is 6.09. The van der Waals surface area contributed by atoms with Crippen molar-refractivity contribution >= 4 is 28.3 Å². The van der Waals surface area contributed by atoms with Gasteiger partial charge in [-0.05, 0) is 44.4 Å². The summed E-state index contributed by atoms with van der Waals surface area (Å²) in [5.74, 6) is -2.68. The number of carbonyl (C=O) groups excluding carboxylic acids is 1. The van der Waals surface area contributed by atoms with Crippen LogP contribution in [0.2, 0.25) is 0 Å². The molecule has 1 aliphatic heterocycles. The molecule has 0 spiro atoms. The molecule has 1 aromatic heterocycles. The molecule has 2 fully saturated rings. The number of anilines is 1. The van der Waals surface area contributed by atoms with Crippen molar-refractivity contribution in [2.75, 3.05) is 37.6 Å². The molecule has 178 valence electrons. The van der Waals surface area contributed by atoms with E-state index in [9.17, 15) is 19.5 Å². The van der Waals surface area contributed by atoms with Crippen LogP contribution in [-0.2, 0) is 0 Å². The van der Waals surface area contributed by atoms with E-state index in [1.807, 2.05) is 4.90 Å². The third-order valence-corrected chi connectivity index (χ3v) is 6.40. The lowest BCUT2D eigenvalue weighted by atomic mass is 9.97. The van der Waals surface area contributed by atoms with Gasteiger partial charge in [0, 0.05) is 37.6 Å². The largest absolute Gasteiger partial charge is 0.477 e. The van der Waals surface area contributed by atoms with Crippen LogP contribution in [0.1, 0.15) is 59.0 Å². The molecule has 1 saturated carbocycles. The Kier molecular flexibility index (Phi) is 6.78. The summed E-state index contributed by atoms with van der Waals surface area (Å²) in [6.07, 6.45) is 3.11. The first-order chi connectivity index (χ1) is 15.8. The van der Waals surface area contributed by atoms with Gasteiger partial charge in [-0.25, -0.2) is 9.18 Å². The molecule has 1 aromatic carbocycles. The van der Waals surface area contributed by atoms with E-state index in [4.69, 9.17) is 11.5 Å². The van der Waals surface area contributed by atoms with E-state index >= 15 is 4.39 Å². The number of benzene rings is 1. The first kappa shape index (κ1) is 23.3. The minimum absolute atomic E-state index is 0.0380. The second-order valence-corrected chi connectivity index (χ2v) is 8.77. The summed E-state index contributed by atoms with van der Waals surface area (Å²) >= 11 is 0. The highest BCUT2D eigenvalue weighted by Gasteiger charge is 2.36. The average molecular weight is 460 g/mol. The van der Waals surface area contributed by atoms with Gasteiger partial charge >= 0.3 is 5.97 Å². The number of carbonyl (C=O) groups is 2. The molecule has 9 nitrogen and oxygen atoms in total. The molecule has 0 amide bonds. The van der Waals surface area contributed by atoms with Gasteiger partial charge < -0.3 is 31.4 Å². The van der Waals surface area contributed by atoms with E-state index in [0.717, 1.165) is 18.9 Å². The number of ketones is 1. The van der Waals surface area contributed by atoms with Crippen LogP contribution in [0.4, 0.5) is 10.1 Å². The van der Waals surface area contributed by atoms with Gasteiger partial charge in [-0.15, -0.1) is 0 Å². The average Bonchev–Trinajstić information content (AvgIpc) is 3.64. The van der Waals surface area contributed by atoms with Gasteiger partial charge in [-0.3, -0.25) is 9.59 Å². The molecular weight excluding hydrogens is 429 g/mol. The Hall–Kier alpha value is -2.82. The Morgan fingerprint density at radius 2 is 1.91 bits per heavy atom. The smallest absolute Gasteiger partial charge is 0.342 e. The summed E-state index contributed by atoms with van der Waals surface area (Å²) < 4.78 is 16.7. The summed E-state index contributed by atoms with van der Waals surface area (Å²) in [5, 5.41) is 13.1. The van der Waals surface area contributed by atoms with Crippen LogP contribution < -0.4 is 27.1 Å². The third kappa shape index (κ3) is 4.50. The molecule has 6 N–H and O–H groups in total. The van der Waals surface area contributed by atoms with Crippen LogP contribution in [-0.4, -0.2) is 60.2 Å². The number of piperazine rings is 1. The highest BCUT2D eigenvalue weighted by Crippen LogP contribution is 2.40. The quantitative estimate of drug-likeness (QED) is 0.324. The summed E-state index contributed by atoms with van der Waals surface area (Å²) in [4.78, 5) is 40.6. The van der Waals surface area contributed by atoms with Crippen LogP contribution in [0.5, 0.6) is 0 Å². The molecule has 2 aliphatic rings. The van der Waals surface area contributed by atoms with E-state index in [1.54, 1.807) is 10.6 Å². The van der Waals surface area contributed by atoms with Crippen LogP contribution in [0.3, 0.4) is 0 Å². The summed E-state index contributed by atoms with van der Waals surface area (Å²) in [7, 11) is 0. The van der Waals surface area contributed by atoms with E-state index in [2.05, 4.69) is 5.32 Å². The number of nitrogens with one attached hydrogen (secondary N) is 1. The van der Waals surface area contributed by atoms with Crippen molar-refractivity contribution in [1.29, 1.82) is 0 Å². The number of aromatic nitrogens is 1. The van der Waals surface area contributed by atoms with Crippen molar-refractivity contribution in [3.8, 4) is 0 Å². The van der Waals surface area contributed by atoms with Gasteiger partial charge in [0.15, 0.2) is 5.78 Å². The second kappa shape index (κ2) is 9.58. The molecule has 0 unspecified atom stereocenters. The maximum absolute atomic E-state index is 15.1. The van der Waals surface area contributed by atoms with E-state index in [0.29, 0.717) is 63.2 Å². The highest BCUT2D eigenvalue weighted by atomic mass is 19.1. The summed E-state index contributed by atoms with van der Waals surface area (Å²) in [6.45, 7) is 3.06. The number of nitrogens with two attached hydrogens (primary N) is 2. The number of hydrogen-bond donors (Lipinski definition) is 4. The van der Waals surface area contributed by atoms with Crippen molar-refractivity contribution in [2.24, 2.45) is 11.5 Å². The third-order valence-electron chi connectivity index (χ3n) is 6.40. The molecule has 2 heterocycles. The number of carboxylic acids is 1. The van der Waals surface area contributed by atoms with Crippen molar-refractivity contribution < 1.29 is 19.1 Å². The lowest BCUT2D eigenvalue weighted by Crippen LogP contribution is -2.44. The minimum Gasteiger partial charge on any atom is -0.477 e. The Morgan fingerprint density at radius 1 is 1.21 bits per heavy atom. The zero-order valence-electron chi connectivity index (χ0n) is 18.5. The Balaban J connectivity index is 1.93. The Bertz CT molecular complexity index is 1140. The molecule has 4 rings (SSSR count). The molecular formula is C23H30FN5O4. The molecule has 0 bridgehead atoms. The van der Waals surface area contributed by atoms with Crippen molar-refractivity contribution in [3.05, 3.63) is 39.4 Å². The molecule has 1 atom stereocenters. The standard InChI is InChI=1S/C23H30FN5O4/c24-15-11-14-17(12-18(15)28-9-7-27-8-10-28)29(13-4-5-13)20(19(21(14)30)23(32)33)22(31)16(26)3-1-2-6-25/h11-13,16,27H,1-10,25-26H2,(H,32,33)/t16-/m0/s1. The van der Waals surface area contributed by atoms with E-state index in [-0.39, 0.29) is 17.1 Å². The van der Waals surface area contributed by atoms with Crippen LogP contribution >= 0.6 is 0 Å². The van der Waals surface area contributed by atoms with Gasteiger partial charge in [0.2, 0.25) is 5.43 Å². The number of aromatic carboxylic acids is 1. The number of halogens is 1. The predicted octanol–water partition coefficient (Wildman–Crippen LogP) is 1.22. The number of rotatable bonds is 9. The first-order valence-electron chi connectivity index (χ1n) is 11.5. The number of Topliss-reactive ketones (excluding diaryl/α,β-unsaturated/α-hetero) is 1.